The number of thioether (sulfide) groups is 2. The Kier molecular flexibility index (Phi) is 7.79. The van der Waals surface area contributed by atoms with E-state index in [1.165, 1.54) is 4.90 Å². The molecule has 0 aliphatic heterocycles. The number of hydrogen-bond donors (Lipinski definition) is 0. The smallest absolute Gasteiger partial charge is 0.229 e. The SMILES string of the molecule is CSc1cccc2sc(N(CCN(C)C)C(=O)CCSc3ccccc3)nc12. The number of carbonyl (C=O) groups excluding carboxylic acids is 1. The van der Waals surface area contributed by atoms with Gasteiger partial charge in [0.2, 0.25) is 5.91 Å². The van der Waals surface area contributed by atoms with E-state index in [-0.39, 0.29) is 5.91 Å². The lowest BCUT2D eigenvalue weighted by molar-refractivity contribution is -0.118. The van der Waals surface area contributed by atoms with Crippen molar-refractivity contribution < 1.29 is 4.79 Å². The van der Waals surface area contributed by atoms with Gasteiger partial charge >= 0.3 is 0 Å². The molecule has 0 radical (unpaired) electrons. The van der Waals surface area contributed by atoms with E-state index >= 15 is 0 Å². The molecule has 2 aromatic carbocycles. The van der Waals surface area contributed by atoms with Gasteiger partial charge < -0.3 is 4.90 Å². The summed E-state index contributed by atoms with van der Waals surface area (Å²) in [5, 5.41) is 0.799. The van der Waals surface area contributed by atoms with Crippen LogP contribution in [0.5, 0.6) is 0 Å². The van der Waals surface area contributed by atoms with Gasteiger partial charge in [-0.15, -0.1) is 23.5 Å². The first-order chi connectivity index (χ1) is 13.6. The molecule has 1 heterocycles. The minimum atomic E-state index is 0.134. The summed E-state index contributed by atoms with van der Waals surface area (Å²) in [5.74, 6) is 0.900. The Morgan fingerprint density at radius 1 is 1.07 bits per heavy atom. The number of rotatable bonds is 9. The normalized spacial score (nSPS) is 11.3. The molecule has 4 nitrogen and oxygen atoms in total. The van der Waals surface area contributed by atoms with Crippen LogP contribution in [-0.4, -0.2) is 55.0 Å². The number of para-hydroxylation sites is 1. The Bertz CT molecular complexity index is 912. The molecule has 0 fully saturated rings. The second kappa shape index (κ2) is 10.3. The number of thiazole rings is 1. The summed E-state index contributed by atoms with van der Waals surface area (Å²) in [4.78, 5) is 24.2. The number of nitrogens with zero attached hydrogens (tertiary/aromatic N) is 3. The van der Waals surface area contributed by atoms with Crippen molar-refractivity contribution in [2.75, 3.05) is 44.1 Å². The lowest BCUT2D eigenvalue weighted by Crippen LogP contribution is -2.36. The van der Waals surface area contributed by atoms with Gasteiger partial charge in [0, 0.05) is 35.1 Å². The third-order valence-electron chi connectivity index (χ3n) is 4.22. The maximum absolute atomic E-state index is 13.0. The van der Waals surface area contributed by atoms with Crippen LogP contribution in [0.4, 0.5) is 5.13 Å². The zero-order valence-corrected chi connectivity index (χ0v) is 18.9. The van der Waals surface area contributed by atoms with Gasteiger partial charge in [-0.1, -0.05) is 35.6 Å². The van der Waals surface area contributed by atoms with E-state index in [9.17, 15) is 4.79 Å². The van der Waals surface area contributed by atoms with Gasteiger partial charge in [-0.05, 0) is 44.6 Å². The third kappa shape index (κ3) is 5.50. The number of aromatic nitrogens is 1. The second-order valence-electron chi connectivity index (χ2n) is 6.56. The molecule has 3 rings (SSSR count). The summed E-state index contributed by atoms with van der Waals surface area (Å²) in [6.07, 6.45) is 2.56. The van der Waals surface area contributed by atoms with Gasteiger partial charge in [0.05, 0.1) is 10.2 Å². The van der Waals surface area contributed by atoms with Crippen LogP contribution in [0.3, 0.4) is 0 Å². The molecule has 1 amide bonds. The zero-order valence-electron chi connectivity index (χ0n) is 16.4. The fourth-order valence-corrected chi connectivity index (χ4v) is 5.25. The summed E-state index contributed by atoms with van der Waals surface area (Å²) in [7, 11) is 4.05. The lowest BCUT2D eigenvalue weighted by atomic mass is 10.3. The highest BCUT2D eigenvalue weighted by Gasteiger charge is 2.20. The average Bonchev–Trinajstić information content (AvgIpc) is 3.12. The maximum Gasteiger partial charge on any atom is 0.229 e. The van der Waals surface area contributed by atoms with Gasteiger partial charge in [-0.3, -0.25) is 9.69 Å². The van der Waals surface area contributed by atoms with Gasteiger partial charge in [0.25, 0.3) is 0 Å². The summed E-state index contributed by atoms with van der Waals surface area (Å²) in [5.41, 5.74) is 0.997. The molecule has 7 heteroatoms. The maximum atomic E-state index is 13.0. The molecule has 28 heavy (non-hydrogen) atoms. The Balaban J connectivity index is 1.75. The molecular weight excluding hydrogens is 406 g/mol. The Labute approximate surface area is 179 Å². The Hall–Kier alpha value is -1.54. The van der Waals surface area contributed by atoms with Gasteiger partial charge in [-0.25, -0.2) is 4.98 Å². The lowest BCUT2D eigenvalue weighted by Gasteiger charge is -2.22. The van der Waals surface area contributed by atoms with Crippen molar-refractivity contribution in [2.24, 2.45) is 0 Å². The van der Waals surface area contributed by atoms with E-state index in [0.717, 1.165) is 32.5 Å². The van der Waals surface area contributed by atoms with Crippen LogP contribution in [0.1, 0.15) is 6.42 Å². The summed E-state index contributed by atoms with van der Waals surface area (Å²) < 4.78 is 1.13. The van der Waals surface area contributed by atoms with Crippen molar-refractivity contribution in [3.05, 3.63) is 48.5 Å². The molecule has 1 aromatic heterocycles. The van der Waals surface area contributed by atoms with Gasteiger partial charge in [-0.2, -0.15) is 0 Å². The first kappa shape index (κ1) is 21.2. The number of likely N-dealkylation sites (N-methyl/N-ethyl adjacent to an activating group) is 1. The van der Waals surface area contributed by atoms with Crippen molar-refractivity contribution in [1.82, 2.24) is 9.88 Å². The van der Waals surface area contributed by atoms with E-state index in [4.69, 9.17) is 4.98 Å². The van der Waals surface area contributed by atoms with E-state index in [0.29, 0.717) is 13.0 Å². The monoisotopic (exact) mass is 431 g/mol. The highest BCUT2D eigenvalue weighted by Crippen LogP contribution is 2.34. The number of anilines is 1. The van der Waals surface area contributed by atoms with Crippen LogP contribution >= 0.6 is 34.9 Å². The van der Waals surface area contributed by atoms with Crippen molar-refractivity contribution in [3.8, 4) is 0 Å². The molecule has 3 aromatic rings. The molecule has 0 aliphatic carbocycles. The van der Waals surface area contributed by atoms with Gasteiger partial charge in [0.15, 0.2) is 5.13 Å². The average molecular weight is 432 g/mol. The van der Waals surface area contributed by atoms with Crippen LogP contribution in [0.15, 0.2) is 58.3 Å². The minimum Gasteiger partial charge on any atom is -0.308 e. The Morgan fingerprint density at radius 3 is 2.57 bits per heavy atom. The predicted octanol–water partition coefficient (Wildman–Crippen LogP) is 5.10. The highest BCUT2D eigenvalue weighted by atomic mass is 32.2. The number of carbonyl (C=O) groups is 1. The molecule has 0 bridgehead atoms. The third-order valence-corrected chi connectivity index (χ3v) is 7.05. The molecule has 0 unspecified atom stereocenters. The number of hydrogen-bond acceptors (Lipinski definition) is 6. The molecule has 0 N–H and O–H groups in total. The minimum absolute atomic E-state index is 0.134. The summed E-state index contributed by atoms with van der Waals surface area (Å²) in [6.45, 7) is 1.46. The van der Waals surface area contributed by atoms with E-state index < -0.39 is 0 Å². The van der Waals surface area contributed by atoms with Crippen molar-refractivity contribution in [3.63, 3.8) is 0 Å². The molecule has 0 spiro atoms. The Morgan fingerprint density at radius 2 is 1.86 bits per heavy atom. The first-order valence-corrected chi connectivity index (χ1v) is 12.2. The van der Waals surface area contributed by atoms with E-state index in [1.54, 1.807) is 34.9 Å². The van der Waals surface area contributed by atoms with E-state index in [1.807, 2.05) is 37.2 Å². The fourth-order valence-electron chi connectivity index (χ4n) is 2.73. The number of benzene rings is 2. The largest absolute Gasteiger partial charge is 0.308 e. The molecule has 0 saturated carbocycles. The number of amides is 1. The van der Waals surface area contributed by atoms with Crippen molar-refractivity contribution in [2.45, 2.75) is 16.2 Å². The zero-order chi connectivity index (χ0) is 19.9. The van der Waals surface area contributed by atoms with Crippen LogP contribution in [-0.2, 0) is 4.79 Å². The topological polar surface area (TPSA) is 36.4 Å². The highest BCUT2D eigenvalue weighted by molar-refractivity contribution is 7.99. The summed E-state index contributed by atoms with van der Waals surface area (Å²) in [6, 6.07) is 16.4. The second-order valence-corrected chi connectivity index (χ2v) is 9.59. The number of fused-ring (bicyclic) bond motifs is 1. The van der Waals surface area contributed by atoms with Gasteiger partial charge in [0.1, 0.15) is 0 Å². The molecule has 0 atom stereocenters. The van der Waals surface area contributed by atoms with Crippen LogP contribution < -0.4 is 4.90 Å². The standard InChI is InChI=1S/C21H25N3OS3/c1-23(2)13-14-24(19(25)12-15-27-16-8-5-4-6-9-16)21-22-20-17(26-3)10-7-11-18(20)28-21/h4-11H,12-15H2,1-3H3. The van der Waals surface area contributed by atoms with Crippen LogP contribution in [0.2, 0.25) is 0 Å². The quantitative estimate of drug-likeness (QED) is 0.441. The van der Waals surface area contributed by atoms with Crippen molar-refractivity contribution >= 4 is 56.1 Å². The van der Waals surface area contributed by atoms with Crippen LogP contribution in [0, 0.1) is 0 Å². The molecule has 0 saturated heterocycles. The summed E-state index contributed by atoms with van der Waals surface area (Å²) >= 11 is 5.01. The predicted molar refractivity (Wildman–Crippen MR) is 124 cm³/mol. The fraction of sp³-hybridized carbons (Fsp3) is 0.333. The molecular formula is C21H25N3OS3. The first-order valence-electron chi connectivity index (χ1n) is 9.15. The van der Waals surface area contributed by atoms with Crippen LogP contribution in [0.25, 0.3) is 10.2 Å². The van der Waals surface area contributed by atoms with Crippen molar-refractivity contribution in [1.29, 1.82) is 0 Å². The molecule has 0 aliphatic rings. The molecule has 148 valence electrons. The van der Waals surface area contributed by atoms with E-state index in [2.05, 4.69) is 41.5 Å².